The van der Waals surface area contributed by atoms with Gasteiger partial charge in [-0.05, 0) is 44.2 Å². The molecule has 0 unspecified atom stereocenters. The monoisotopic (exact) mass is 384 g/mol. The zero-order chi connectivity index (χ0) is 19.5. The van der Waals surface area contributed by atoms with Gasteiger partial charge in [-0.25, -0.2) is 9.37 Å². The fourth-order valence-corrected chi connectivity index (χ4v) is 4.14. The van der Waals surface area contributed by atoms with Crippen molar-refractivity contribution in [3.8, 4) is 0 Å². The molecule has 2 heterocycles. The first-order chi connectivity index (χ1) is 13.6. The van der Waals surface area contributed by atoms with E-state index in [0.717, 1.165) is 44.2 Å². The number of nitrogens with one attached hydrogen (secondary N) is 2. The Labute approximate surface area is 163 Å². The summed E-state index contributed by atoms with van der Waals surface area (Å²) < 4.78 is 15.8. The van der Waals surface area contributed by atoms with Gasteiger partial charge in [-0.2, -0.15) is 0 Å². The van der Waals surface area contributed by atoms with Crippen molar-refractivity contribution in [1.82, 2.24) is 14.9 Å². The summed E-state index contributed by atoms with van der Waals surface area (Å²) in [5.74, 6) is -0.911. The lowest BCUT2D eigenvalue weighted by Crippen LogP contribution is -2.37. The summed E-state index contributed by atoms with van der Waals surface area (Å²) in [6.07, 6.45) is 8.01. The summed E-state index contributed by atoms with van der Waals surface area (Å²) in [6.45, 7) is 0.669. The number of carbonyl (C=O) groups excluding carboxylic acids is 2. The first-order valence-electron chi connectivity index (χ1n) is 10.1. The number of aromatic nitrogens is 2. The lowest BCUT2D eigenvalue weighted by atomic mass is 9.95. The summed E-state index contributed by atoms with van der Waals surface area (Å²) in [4.78, 5) is 30.0. The molecule has 1 aromatic carbocycles. The molecule has 2 aromatic rings. The standard InChI is InChI=1S/C21H25FN4O2/c22-15-10-4-5-11-16(15)24-20(27)18-17-12-6-7-13-26(17)19(25-18)21(28)23-14-8-2-1-3-9-14/h4-5,10-11,14H,1-3,6-9,12-13H2,(H,23,28)(H,24,27). The number of amides is 2. The molecular weight excluding hydrogens is 359 g/mol. The zero-order valence-corrected chi connectivity index (χ0v) is 15.8. The Bertz CT molecular complexity index is 887. The predicted molar refractivity (Wildman–Crippen MR) is 104 cm³/mol. The average molecular weight is 384 g/mol. The van der Waals surface area contributed by atoms with Gasteiger partial charge < -0.3 is 15.2 Å². The Balaban J connectivity index is 1.58. The highest BCUT2D eigenvalue weighted by atomic mass is 19.1. The van der Waals surface area contributed by atoms with Gasteiger partial charge in [0.15, 0.2) is 11.5 Å². The molecule has 2 N–H and O–H groups in total. The molecule has 2 amide bonds. The number of rotatable bonds is 4. The number of carbonyl (C=O) groups is 2. The van der Waals surface area contributed by atoms with Gasteiger partial charge in [0.1, 0.15) is 5.82 Å². The van der Waals surface area contributed by atoms with Crippen molar-refractivity contribution in [3.05, 3.63) is 47.3 Å². The van der Waals surface area contributed by atoms with Gasteiger partial charge in [-0.3, -0.25) is 9.59 Å². The van der Waals surface area contributed by atoms with E-state index in [4.69, 9.17) is 0 Å². The van der Waals surface area contributed by atoms with Crippen molar-refractivity contribution < 1.29 is 14.0 Å². The van der Waals surface area contributed by atoms with Gasteiger partial charge in [0.25, 0.3) is 11.8 Å². The molecule has 1 aliphatic heterocycles. The van der Waals surface area contributed by atoms with Crippen LogP contribution in [0.25, 0.3) is 0 Å². The van der Waals surface area contributed by atoms with Crippen molar-refractivity contribution in [2.24, 2.45) is 0 Å². The highest BCUT2D eigenvalue weighted by Gasteiger charge is 2.29. The minimum Gasteiger partial charge on any atom is -0.347 e. The quantitative estimate of drug-likeness (QED) is 0.844. The first-order valence-corrected chi connectivity index (χ1v) is 10.1. The largest absolute Gasteiger partial charge is 0.347 e. The zero-order valence-electron chi connectivity index (χ0n) is 15.8. The van der Waals surface area contributed by atoms with E-state index in [0.29, 0.717) is 18.8 Å². The molecule has 0 spiro atoms. The number of benzene rings is 1. The van der Waals surface area contributed by atoms with Crippen molar-refractivity contribution in [2.45, 2.75) is 64.0 Å². The molecule has 0 atom stereocenters. The molecule has 0 radical (unpaired) electrons. The summed E-state index contributed by atoms with van der Waals surface area (Å²) >= 11 is 0. The van der Waals surface area contributed by atoms with E-state index in [9.17, 15) is 14.0 Å². The topological polar surface area (TPSA) is 76.0 Å². The first kappa shape index (κ1) is 18.7. The number of nitrogens with zero attached hydrogens (tertiary/aromatic N) is 2. The number of anilines is 1. The molecule has 6 nitrogen and oxygen atoms in total. The number of halogens is 1. The second-order valence-corrected chi connectivity index (χ2v) is 7.58. The van der Waals surface area contributed by atoms with E-state index in [2.05, 4.69) is 15.6 Å². The van der Waals surface area contributed by atoms with Gasteiger partial charge in [0, 0.05) is 12.6 Å². The highest BCUT2D eigenvalue weighted by molar-refractivity contribution is 6.05. The maximum atomic E-state index is 13.9. The third-order valence-corrected chi connectivity index (χ3v) is 5.60. The minimum atomic E-state index is -0.501. The minimum absolute atomic E-state index is 0.110. The van der Waals surface area contributed by atoms with E-state index < -0.39 is 11.7 Å². The molecule has 148 valence electrons. The summed E-state index contributed by atoms with van der Waals surface area (Å²) in [7, 11) is 0. The lowest BCUT2D eigenvalue weighted by Gasteiger charge is -2.23. The summed E-state index contributed by atoms with van der Waals surface area (Å²) in [5.41, 5.74) is 1.09. The Morgan fingerprint density at radius 2 is 1.82 bits per heavy atom. The van der Waals surface area contributed by atoms with Crippen molar-refractivity contribution in [2.75, 3.05) is 5.32 Å². The molecule has 2 aliphatic rings. The number of hydrogen-bond donors (Lipinski definition) is 2. The third kappa shape index (κ3) is 3.79. The number of hydrogen-bond acceptors (Lipinski definition) is 3. The maximum absolute atomic E-state index is 13.9. The van der Waals surface area contributed by atoms with E-state index in [1.165, 1.54) is 18.6 Å². The average Bonchev–Trinajstić information content (AvgIpc) is 3.10. The lowest BCUT2D eigenvalue weighted by molar-refractivity contribution is 0.0911. The molecule has 1 fully saturated rings. The van der Waals surface area contributed by atoms with E-state index in [1.54, 1.807) is 12.1 Å². The van der Waals surface area contributed by atoms with Crippen LogP contribution < -0.4 is 10.6 Å². The number of para-hydroxylation sites is 1. The van der Waals surface area contributed by atoms with Gasteiger partial charge in [-0.1, -0.05) is 31.4 Å². The van der Waals surface area contributed by atoms with Crippen LogP contribution in [0, 0.1) is 5.82 Å². The molecular formula is C21H25FN4O2. The molecule has 0 bridgehead atoms. The van der Waals surface area contributed by atoms with Crippen LogP contribution in [0.4, 0.5) is 10.1 Å². The van der Waals surface area contributed by atoms with E-state index in [-0.39, 0.29) is 23.3 Å². The highest BCUT2D eigenvalue weighted by Crippen LogP contribution is 2.24. The fourth-order valence-electron chi connectivity index (χ4n) is 4.14. The molecule has 1 saturated carbocycles. The third-order valence-electron chi connectivity index (χ3n) is 5.60. The van der Waals surface area contributed by atoms with Crippen LogP contribution in [0.1, 0.15) is 71.7 Å². The maximum Gasteiger partial charge on any atom is 0.287 e. The normalized spacial score (nSPS) is 17.0. The van der Waals surface area contributed by atoms with Crippen molar-refractivity contribution in [1.29, 1.82) is 0 Å². The Morgan fingerprint density at radius 1 is 1.04 bits per heavy atom. The Kier molecular flexibility index (Phi) is 5.41. The van der Waals surface area contributed by atoms with E-state index in [1.807, 2.05) is 4.57 Å². The predicted octanol–water partition coefficient (Wildman–Crippen LogP) is 3.67. The number of imidazole rings is 1. The SMILES string of the molecule is O=C(Nc1ccccc1F)c1nc(C(=O)NC2CCCCC2)n2c1CCCC2. The van der Waals surface area contributed by atoms with Crippen LogP contribution >= 0.6 is 0 Å². The molecule has 7 heteroatoms. The molecule has 28 heavy (non-hydrogen) atoms. The Hall–Kier alpha value is -2.70. The number of fused-ring (bicyclic) bond motifs is 1. The molecule has 4 rings (SSSR count). The van der Waals surface area contributed by atoms with Crippen LogP contribution in [-0.2, 0) is 13.0 Å². The summed E-state index contributed by atoms with van der Waals surface area (Å²) in [6, 6.07) is 6.20. The molecule has 0 saturated heterocycles. The van der Waals surface area contributed by atoms with Crippen molar-refractivity contribution >= 4 is 17.5 Å². The van der Waals surface area contributed by atoms with Gasteiger partial charge in [0.2, 0.25) is 0 Å². The van der Waals surface area contributed by atoms with Crippen molar-refractivity contribution in [3.63, 3.8) is 0 Å². The van der Waals surface area contributed by atoms with Crippen LogP contribution in [0.2, 0.25) is 0 Å². The van der Waals surface area contributed by atoms with Crippen LogP contribution in [0.15, 0.2) is 24.3 Å². The van der Waals surface area contributed by atoms with Gasteiger partial charge >= 0.3 is 0 Å². The second-order valence-electron chi connectivity index (χ2n) is 7.58. The van der Waals surface area contributed by atoms with Crippen LogP contribution in [0.3, 0.4) is 0 Å². The van der Waals surface area contributed by atoms with E-state index >= 15 is 0 Å². The molecule has 1 aliphatic carbocycles. The van der Waals surface area contributed by atoms with Crippen LogP contribution in [-0.4, -0.2) is 27.4 Å². The van der Waals surface area contributed by atoms with Crippen LogP contribution in [0.5, 0.6) is 0 Å². The second kappa shape index (κ2) is 8.12. The molecule has 1 aromatic heterocycles. The Morgan fingerprint density at radius 3 is 2.61 bits per heavy atom. The van der Waals surface area contributed by atoms with Gasteiger partial charge in [0.05, 0.1) is 11.4 Å². The van der Waals surface area contributed by atoms with Gasteiger partial charge in [-0.15, -0.1) is 0 Å². The summed E-state index contributed by atoms with van der Waals surface area (Å²) in [5, 5.41) is 5.67. The fraction of sp³-hybridized carbons (Fsp3) is 0.476. The smallest absolute Gasteiger partial charge is 0.287 e.